The molecule has 0 saturated carbocycles. The molecular formula is C25H23NO4S2. The van der Waals surface area contributed by atoms with Gasteiger partial charge >= 0.3 is 12.1 Å². The first-order valence-electron chi connectivity index (χ1n) is 9.96. The van der Waals surface area contributed by atoms with E-state index < -0.39 is 12.1 Å². The second-order valence-electron chi connectivity index (χ2n) is 6.76. The number of amides is 1. The van der Waals surface area contributed by atoms with E-state index >= 15 is 0 Å². The Bertz CT molecular complexity index is 1090. The monoisotopic (exact) mass is 465 g/mol. The van der Waals surface area contributed by atoms with E-state index in [9.17, 15) is 9.59 Å². The summed E-state index contributed by atoms with van der Waals surface area (Å²) in [6.45, 7) is 3.58. The van der Waals surface area contributed by atoms with Crippen molar-refractivity contribution in [2.24, 2.45) is 0 Å². The molecular weight excluding hydrogens is 442 g/mol. The smallest absolute Gasteiger partial charge is 0.411 e. The highest BCUT2D eigenvalue weighted by Gasteiger charge is 2.10. The molecule has 0 unspecified atom stereocenters. The standard InChI is InChI=1S/C25H23NO4S2/c1-18(24(27)28)9-8-16-30-25(29)26-22-14-5-6-15-23(22)32-21-13-7-12-20(17-21)31-19-10-3-2-4-11-19/h2-7,10-15,17H,1,8-9,16H2,(H,26,29)(H,27,28). The fourth-order valence-electron chi connectivity index (χ4n) is 2.72. The van der Waals surface area contributed by atoms with Crippen molar-refractivity contribution < 1.29 is 19.4 Å². The summed E-state index contributed by atoms with van der Waals surface area (Å²) >= 11 is 3.25. The molecule has 0 aliphatic carbocycles. The third-order valence-electron chi connectivity index (χ3n) is 4.29. The topological polar surface area (TPSA) is 75.6 Å². The fourth-order valence-corrected chi connectivity index (χ4v) is 4.65. The Hall–Kier alpha value is -3.16. The summed E-state index contributed by atoms with van der Waals surface area (Å²) in [5, 5.41) is 11.6. The van der Waals surface area contributed by atoms with Gasteiger partial charge < -0.3 is 9.84 Å². The van der Waals surface area contributed by atoms with Crippen molar-refractivity contribution in [2.45, 2.75) is 32.4 Å². The minimum absolute atomic E-state index is 0.100. The van der Waals surface area contributed by atoms with E-state index in [0.717, 1.165) is 14.7 Å². The number of anilines is 1. The summed E-state index contributed by atoms with van der Waals surface area (Å²) in [4.78, 5) is 27.2. The SMILES string of the molecule is C=C(CCCOC(=O)Nc1ccccc1Sc1cccc(Sc2ccccc2)c1)C(=O)O. The molecule has 0 heterocycles. The molecule has 3 aromatic rings. The number of aliphatic carboxylic acids is 1. The lowest BCUT2D eigenvalue weighted by atomic mass is 10.2. The molecule has 3 aromatic carbocycles. The van der Waals surface area contributed by atoms with E-state index in [0.29, 0.717) is 12.1 Å². The van der Waals surface area contributed by atoms with Crippen molar-refractivity contribution in [3.63, 3.8) is 0 Å². The first kappa shape index (κ1) is 23.5. The van der Waals surface area contributed by atoms with Crippen molar-refractivity contribution >= 4 is 41.3 Å². The zero-order valence-corrected chi connectivity index (χ0v) is 19.0. The van der Waals surface area contributed by atoms with Crippen LogP contribution in [0.3, 0.4) is 0 Å². The second-order valence-corrected chi connectivity index (χ2v) is 9.02. The quantitative estimate of drug-likeness (QED) is 0.249. The molecule has 0 atom stereocenters. The molecule has 0 bridgehead atoms. The van der Waals surface area contributed by atoms with Crippen molar-refractivity contribution in [3.8, 4) is 0 Å². The maximum Gasteiger partial charge on any atom is 0.411 e. The van der Waals surface area contributed by atoms with Crippen LogP contribution in [0.15, 0.2) is 111 Å². The number of para-hydroxylation sites is 1. The average molecular weight is 466 g/mol. The predicted molar refractivity (Wildman–Crippen MR) is 129 cm³/mol. The number of carbonyl (C=O) groups is 2. The van der Waals surface area contributed by atoms with Gasteiger partial charge in [0.05, 0.1) is 12.3 Å². The first-order chi connectivity index (χ1) is 15.5. The fraction of sp³-hybridized carbons (Fsp3) is 0.120. The van der Waals surface area contributed by atoms with Gasteiger partial charge in [0.25, 0.3) is 0 Å². The van der Waals surface area contributed by atoms with E-state index in [4.69, 9.17) is 9.84 Å². The maximum absolute atomic E-state index is 12.2. The van der Waals surface area contributed by atoms with E-state index in [-0.39, 0.29) is 18.6 Å². The number of hydrogen-bond donors (Lipinski definition) is 2. The maximum atomic E-state index is 12.2. The van der Waals surface area contributed by atoms with Crippen molar-refractivity contribution in [1.29, 1.82) is 0 Å². The largest absolute Gasteiger partial charge is 0.478 e. The minimum atomic E-state index is -1.04. The van der Waals surface area contributed by atoms with Crippen LogP contribution in [0.25, 0.3) is 0 Å². The van der Waals surface area contributed by atoms with Crippen molar-refractivity contribution in [3.05, 3.63) is 91.0 Å². The molecule has 0 radical (unpaired) electrons. The summed E-state index contributed by atoms with van der Waals surface area (Å²) in [5.41, 5.74) is 0.752. The number of carboxylic acid groups (broad SMARTS) is 1. The first-order valence-corrected chi connectivity index (χ1v) is 11.6. The van der Waals surface area contributed by atoms with Gasteiger partial charge in [0.2, 0.25) is 0 Å². The Morgan fingerprint density at radius 1 is 0.875 bits per heavy atom. The van der Waals surface area contributed by atoms with Crippen LogP contribution >= 0.6 is 23.5 Å². The molecule has 7 heteroatoms. The van der Waals surface area contributed by atoms with Crippen LogP contribution in [0.2, 0.25) is 0 Å². The van der Waals surface area contributed by atoms with E-state index in [2.05, 4.69) is 36.2 Å². The van der Waals surface area contributed by atoms with Crippen molar-refractivity contribution in [1.82, 2.24) is 0 Å². The molecule has 32 heavy (non-hydrogen) atoms. The van der Waals surface area contributed by atoms with Crippen LogP contribution in [0.4, 0.5) is 10.5 Å². The molecule has 5 nitrogen and oxygen atoms in total. The summed E-state index contributed by atoms with van der Waals surface area (Å²) in [5.74, 6) is -1.04. The highest BCUT2D eigenvalue weighted by atomic mass is 32.2. The molecule has 2 N–H and O–H groups in total. The lowest BCUT2D eigenvalue weighted by molar-refractivity contribution is -0.132. The number of benzene rings is 3. The Morgan fingerprint density at radius 3 is 2.28 bits per heavy atom. The van der Waals surface area contributed by atoms with Crippen LogP contribution < -0.4 is 5.32 Å². The second kappa shape index (κ2) is 12.0. The van der Waals surface area contributed by atoms with Crippen LogP contribution in [0.5, 0.6) is 0 Å². The van der Waals surface area contributed by atoms with Gasteiger partial charge in [-0.15, -0.1) is 0 Å². The van der Waals surface area contributed by atoms with Crippen LogP contribution in [-0.2, 0) is 9.53 Å². The molecule has 164 valence electrons. The summed E-state index contributed by atoms with van der Waals surface area (Å²) in [6.07, 6.45) is 0.0973. The Kier molecular flexibility index (Phi) is 8.83. The molecule has 0 spiro atoms. The van der Waals surface area contributed by atoms with E-state index in [1.807, 2.05) is 54.6 Å². The number of hydrogen-bond acceptors (Lipinski definition) is 5. The minimum Gasteiger partial charge on any atom is -0.478 e. The van der Waals surface area contributed by atoms with Gasteiger partial charge in [0.15, 0.2) is 0 Å². The van der Waals surface area contributed by atoms with Gasteiger partial charge in [0, 0.05) is 25.2 Å². The molecule has 3 rings (SSSR count). The Balaban J connectivity index is 1.58. The highest BCUT2D eigenvalue weighted by molar-refractivity contribution is 8.00. The van der Waals surface area contributed by atoms with E-state index in [1.54, 1.807) is 23.5 Å². The number of carboxylic acids is 1. The number of nitrogens with one attached hydrogen (secondary N) is 1. The van der Waals surface area contributed by atoms with E-state index in [1.165, 1.54) is 4.90 Å². The molecule has 0 aromatic heterocycles. The zero-order valence-electron chi connectivity index (χ0n) is 17.3. The van der Waals surface area contributed by atoms with Gasteiger partial charge in [0.1, 0.15) is 0 Å². The van der Waals surface area contributed by atoms with Gasteiger partial charge in [-0.3, -0.25) is 5.32 Å². The average Bonchev–Trinajstić information content (AvgIpc) is 2.79. The van der Waals surface area contributed by atoms with Gasteiger partial charge in [-0.05, 0) is 55.3 Å². The van der Waals surface area contributed by atoms with Gasteiger partial charge in [-0.2, -0.15) is 0 Å². The van der Waals surface area contributed by atoms with Crippen LogP contribution in [0, 0.1) is 0 Å². The normalized spacial score (nSPS) is 10.4. The third kappa shape index (κ3) is 7.51. The van der Waals surface area contributed by atoms with Gasteiger partial charge in [-0.25, -0.2) is 9.59 Å². The lowest BCUT2D eigenvalue weighted by Gasteiger charge is -2.12. The Labute approximate surface area is 195 Å². The lowest BCUT2D eigenvalue weighted by Crippen LogP contribution is -2.15. The zero-order chi connectivity index (χ0) is 22.8. The third-order valence-corrected chi connectivity index (χ3v) is 6.36. The number of ether oxygens (including phenoxy) is 1. The summed E-state index contributed by atoms with van der Waals surface area (Å²) in [6, 6.07) is 25.9. The molecule has 0 aliphatic heterocycles. The van der Waals surface area contributed by atoms with Gasteiger partial charge in [-0.1, -0.05) is 66.5 Å². The molecule has 0 saturated heterocycles. The highest BCUT2D eigenvalue weighted by Crippen LogP contribution is 2.36. The summed E-state index contributed by atoms with van der Waals surface area (Å²) < 4.78 is 5.17. The summed E-state index contributed by atoms with van der Waals surface area (Å²) in [7, 11) is 0. The van der Waals surface area contributed by atoms with Crippen LogP contribution in [0.1, 0.15) is 12.8 Å². The number of rotatable bonds is 10. The Morgan fingerprint density at radius 2 is 1.53 bits per heavy atom. The molecule has 1 amide bonds. The van der Waals surface area contributed by atoms with Crippen molar-refractivity contribution in [2.75, 3.05) is 11.9 Å². The van der Waals surface area contributed by atoms with Crippen LogP contribution in [-0.4, -0.2) is 23.8 Å². The number of carbonyl (C=O) groups excluding carboxylic acids is 1. The molecule has 0 fully saturated rings. The predicted octanol–water partition coefficient (Wildman–Crippen LogP) is 6.96. The molecule has 0 aliphatic rings.